The molecule has 0 aromatic heterocycles. The van der Waals surface area contributed by atoms with Crippen LogP contribution >= 0.6 is 0 Å². The minimum absolute atomic E-state index is 0.0287. The van der Waals surface area contributed by atoms with Crippen molar-refractivity contribution in [1.82, 2.24) is 5.32 Å². The number of aliphatic hydroxyl groups excluding tert-OH is 2. The quantitative estimate of drug-likeness (QED) is 0.0323. The molecule has 2 unspecified atom stereocenters. The van der Waals surface area contributed by atoms with E-state index in [4.69, 9.17) is 4.74 Å². The van der Waals surface area contributed by atoms with Crippen molar-refractivity contribution in [2.75, 3.05) is 13.2 Å². The molecule has 6 nitrogen and oxygen atoms in total. The number of unbranched alkanes of at least 4 members (excludes halogenated alkanes) is 28. The number of esters is 1. The number of carbonyl (C=O) groups excluding carboxylic acids is 2. The molecule has 0 aromatic carbocycles. The maximum atomic E-state index is 12.4. The first kappa shape index (κ1) is 55.8. The Bertz CT molecular complexity index is 988. The largest absolute Gasteiger partial charge is 0.466 e. The lowest BCUT2D eigenvalue weighted by Gasteiger charge is -2.19. The van der Waals surface area contributed by atoms with E-state index in [2.05, 4.69) is 55.6 Å². The van der Waals surface area contributed by atoms with Crippen molar-refractivity contribution in [3.63, 3.8) is 0 Å². The fourth-order valence-electron chi connectivity index (χ4n) is 7.18. The lowest BCUT2D eigenvalue weighted by atomic mass is 10.1. The molecule has 0 aliphatic heterocycles. The molecule has 0 rings (SSSR count). The number of hydrogen-bond acceptors (Lipinski definition) is 5. The number of hydrogen-bond donors (Lipinski definition) is 3. The summed E-state index contributed by atoms with van der Waals surface area (Å²) in [5, 5.41) is 23.0. The Labute approximate surface area is 359 Å². The molecule has 0 radical (unpaired) electrons. The van der Waals surface area contributed by atoms with Crippen LogP contribution in [0.2, 0.25) is 0 Å². The van der Waals surface area contributed by atoms with Crippen LogP contribution in [0.5, 0.6) is 0 Å². The van der Waals surface area contributed by atoms with Gasteiger partial charge in [0.1, 0.15) is 0 Å². The predicted molar refractivity (Wildman–Crippen MR) is 250 cm³/mol. The molecular formula is C52H95NO5. The van der Waals surface area contributed by atoms with Gasteiger partial charge in [-0.2, -0.15) is 0 Å². The summed E-state index contributed by atoms with van der Waals surface area (Å²) in [6, 6.07) is -0.648. The van der Waals surface area contributed by atoms with Gasteiger partial charge in [-0.3, -0.25) is 9.59 Å². The van der Waals surface area contributed by atoms with Crippen LogP contribution in [0.3, 0.4) is 0 Å². The zero-order valence-electron chi connectivity index (χ0n) is 38.3. The number of ether oxygens (including phenoxy) is 1. The Morgan fingerprint density at radius 3 is 1.36 bits per heavy atom. The second-order valence-corrected chi connectivity index (χ2v) is 16.8. The van der Waals surface area contributed by atoms with Crippen LogP contribution in [0.1, 0.15) is 245 Å². The molecule has 0 aromatic rings. The van der Waals surface area contributed by atoms with Crippen LogP contribution in [-0.2, 0) is 14.3 Å². The Kier molecular flexibility index (Phi) is 45.7. The summed E-state index contributed by atoms with van der Waals surface area (Å²) in [5.41, 5.74) is 0. The lowest BCUT2D eigenvalue weighted by Crippen LogP contribution is -2.45. The zero-order valence-corrected chi connectivity index (χ0v) is 38.3. The normalized spacial score (nSPS) is 13.1. The molecule has 1 amide bonds. The first-order chi connectivity index (χ1) is 28.5. The molecule has 338 valence electrons. The summed E-state index contributed by atoms with van der Waals surface area (Å²) in [4.78, 5) is 24.4. The van der Waals surface area contributed by atoms with Crippen LogP contribution in [0.25, 0.3) is 0 Å². The fourth-order valence-corrected chi connectivity index (χ4v) is 7.18. The van der Waals surface area contributed by atoms with Gasteiger partial charge in [-0.25, -0.2) is 0 Å². The molecular weight excluding hydrogens is 719 g/mol. The van der Waals surface area contributed by atoms with Gasteiger partial charge in [0.2, 0.25) is 5.91 Å². The molecule has 3 N–H and O–H groups in total. The Balaban J connectivity index is 3.54. The van der Waals surface area contributed by atoms with Gasteiger partial charge in [0.25, 0.3) is 0 Å². The van der Waals surface area contributed by atoms with Crippen molar-refractivity contribution in [3.8, 4) is 0 Å². The number of rotatable bonds is 45. The van der Waals surface area contributed by atoms with E-state index in [-0.39, 0.29) is 18.5 Å². The van der Waals surface area contributed by atoms with Crippen LogP contribution in [0.4, 0.5) is 0 Å². The summed E-state index contributed by atoms with van der Waals surface area (Å²) >= 11 is 0. The van der Waals surface area contributed by atoms with E-state index in [1.807, 2.05) is 6.08 Å². The van der Waals surface area contributed by atoms with Crippen molar-refractivity contribution in [1.29, 1.82) is 0 Å². The maximum absolute atomic E-state index is 12.4. The van der Waals surface area contributed by atoms with Crippen molar-refractivity contribution < 1.29 is 24.5 Å². The highest BCUT2D eigenvalue weighted by molar-refractivity contribution is 5.76. The minimum Gasteiger partial charge on any atom is -0.466 e. The molecule has 0 aliphatic carbocycles. The number of carbonyl (C=O) groups is 2. The van der Waals surface area contributed by atoms with Gasteiger partial charge in [0.15, 0.2) is 0 Å². The summed E-state index contributed by atoms with van der Waals surface area (Å²) in [6.45, 7) is 4.81. The molecule has 6 heteroatoms. The van der Waals surface area contributed by atoms with Crippen molar-refractivity contribution >= 4 is 11.9 Å². The molecule has 0 saturated carbocycles. The Morgan fingerprint density at radius 1 is 0.483 bits per heavy atom. The minimum atomic E-state index is -0.861. The monoisotopic (exact) mass is 814 g/mol. The van der Waals surface area contributed by atoms with E-state index >= 15 is 0 Å². The van der Waals surface area contributed by atoms with E-state index < -0.39 is 12.1 Å². The van der Waals surface area contributed by atoms with Crippen molar-refractivity contribution in [2.45, 2.75) is 257 Å². The average molecular weight is 814 g/mol. The third-order valence-electron chi connectivity index (χ3n) is 11.1. The molecule has 2 atom stereocenters. The van der Waals surface area contributed by atoms with Gasteiger partial charge >= 0.3 is 5.97 Å². The van der Waals surface area contributed by atoms with Crippen LogP contribution in [0.15, 0.2) is 48.6 Å². The smallest absolute Gasteiger partial charge is 0.305 e. The van der Waals surface area contributed by atoms with Crippen molar-refractivity contribution in [2.24, 2.45) is 0 Å². The first-order valence-corrected chi connectivity index (χ1v) is 24.9. The first-order valence-electron chi connectivity index (χ1n) is 24.9. The molecule has 0 heterocycles. The highest BCUT2D eigenvalue weighted by Crippen LogP contribution is 2.14. The summed E-state index contributed by atoms with van der Waals surface area (Å²) in [6.07, 6.45) is 58.2. The maximum Gasteiger partial charge on any atom is 0.305 e. The number of nitrogens with one attached hydrogen (secondary N) is 1. The van der Waals surface area contributed by atoms with Crippen LogP contribution < -0.4 is 5.32 Å². The van der Waals surface area contributed by atoms with Gasteiger partial charge in [-0.1, -0.05) is 191 Å². The molecule has 58 heavy (non-hydrogen) atoms. The molecule has 0 fully saturated rings. The number of allylic oxidation sites excluding steroid dienone is 7. The topological polar surface area (TPSA) is 95.9 Å². The van der Waals surface area contributed by atoms with Gasteiger partial charge in [0, 0.05) is 12.8 Å². The standard InChI is InChI=1S/C52H95NO5/c1-3-5-7-9-11-13-15-17-18-19-22-26-30-34-38-42-46-52(57)58-47-43-39-35-31-27-23-20-21-25-29-33-37-41-45-51(56)53-49(48-54)50(55)44-40-36-32-28-24-16-14-12-10-8-6-4-2/h13,15,18-19,21,25,40,44,49-50,54-55H,3-12,14,16-17,20,22-24,26-39,41-43,45-48H2,1-2H3,(H,53,56)/b15-13-,19-18-,25-21-,44-40+. The Morgan fingerprint density at radius 2 is 0.862 bits per heavy atom. The van der Waals surface area contributed by atoms with E-state index in [1.165, 1.54) is 135 Å². The predicted octanol–water partition coefficient (Wildman–Crippen LogP) is 14.7. The van der Waals surface area contributed by atoms with Gasteiger partial charge in [-0.15, -0.1) is 0 Å². The third kappa shape index (κ3) is 43.4. The second kappa shape index (κ2) is 47.5. The average Bonchev–Trinajstić information content (AvgIpc) is 3.22. The summed E-state index contributed by atoms with van der Waals surface area (Å²) in [7, 11) is 0. The van der Waals surface area contributed by atoms with E-state index in [0.717, 1.165) is 83.5 Å². The van der Waals surface area contributed by atoms with Gasteiger partial charge < -0.3 is 20.3 Å². The third-order valence-corrected chi connectivity index (χ3v) is 11.1. The highest BCUT2D eigenvalue weighted by atomic mass is 16.5. The Hall–Kier alpha value is -2.18. The number of amides is 1. The molecule has 0 saturated heterocycles. The van der Waals surface area contributed by atoms with Crippen LogP contribution in [0, 0.1) is 0 Å². The van der Waals surface area contributed by atoms with Crippen LogP contribution in [-0.4, -0.2) is 47.4 Å². The van der Waals surface area contributed by atoms with E-state index in [0.29, 0.717) is 19.4 Å². The van der Waals surface area contributed by atoms with Gasteiger partial charge in [0.05, 0.1) is 25.4 Å². The number of aliphatic hydroxyl groups is 2. The summed E-state index contributed by atoms with van der Waals surface area (Å²) < 4.78 is 5.45. The second-order valence-electron chi connectivity index (χ2n) is 16.8. The van der Waals surface area contributed by atoms with E-state index in [9.17, 15) is 19.8 Å². The van der Waals surface area contributed by atoms with Crippen molar-refractivity contribution in [3.05, 3.63) is 48.6 Å². The summed E-state index contributed by atoms with van der Waals surface area (Å²) in [5.74, 6) is -0.130. The fraction of sp³-hybridized carbons (Fsp3) is 0.808. The highest BCUT2D eigenvalue weighted by Gasteiger charge is 2.18. The SMILES string of the molecule is CCCCCC/C=C\C/C=C\CCCCCCCC(=O)OCCCCCCCC/C=C\CCCCCC(=O)NC(CO)C(O)/C=C/CCCCCCCCCCCC. The molecule has 0 bridgehead atoms. The van der Waals surface area contributed by atoms with E-state index in [1.54, 1.807) is 6.08 Å². The molecule has 0 spiro atoms. The zero-order chi connectivity index (χ0) is 42.3. The van der Waals surface area contributed by atoms with Gasteiger partial charge in [-0.05, 0) is 89.9 Å². The molecule has 0 aliphatic rings. The lowest BCUT2D eigenvalue weighted by molar-refractivity contribution is -0.143.